The number of piperidine rings is 1. The van der Waals surface area contributed by atoms with Crippen molar-refractivity contribution in [1.82, 2.24) is 15.1 Å². The predicted octanol–water partition coefficient (Wildman–Crippen LogP) is 5.22. The van der Waals surface area contributed by atoms with Crippen LogP contribution in [0.3, 0.4) is 0 Å². The summed E-state index contributed by atoms with van der Waals surface area (Å²) in [5.74, 6) is -0.678. The summed E-state index contributed by atoms with van der Waals surface area (Å²) in [7, 11) is 0. The van der Waals surface area contributed by atoms with E-state index in [1.807, 2.05) is 31.2 Å². The molecule has 0 aliphatic carbocycles. The summed E-state index contributed by atoms with van der Waals surface area (Å²) in [6.45, 7) is 4.19. The molecule has 0 saturated carbocycles. The van der Waals surface area contributed by atoms with E-state index in [4.69, 9.17) is 9.15 Å². The van der Waals surface area contributed by atoms with E-state index in [9.17, 15) is 22.8 Å². The quantitative estimate of drug-likeness (QED) is 0.459. The number of benzene rings is 2. The highest BCUT2D eigenvalue weighted by Gasteiger charge is 2.32. The number of hydrogen-bond acceptors (Lipinski definition) is 6. The standard InChI is InChI=1S/C25H24F3N3O4/c1-15-4-3-5-19(14-15)22-30-29-21(35-22)16(2)34-24(33)18-10-12-31(13-11-18)23(32)17-6-8-20(9-7-17)25(26,27)28/h3-9,14,16,18H,10-13H2,1-2H3. The Morgan fingerprint density at radius 3 is 2.40 bits per heavy atom. The van der Waals surface area contributed by atoms with Crippen LogP contribution in [0.2, 0.25) is 0 Å². The van der Waals surface area contributed by atoms with Crippen LogP contribution in [0.25, 0.3) is 11.5 Å². The summed E-state index contributed by atoms with van der Waals surface area (Å²) in [5.41, 5.74) is 1.18. The highest BCUT2D eigenvalue weighted by molar-refractivity contribution is 5.94. The number of hydrogen-bond donors (Lipinski definition) is 0. The Labute approximate surface area is 199 Å². The average Bonchev–Trinajstić information content (AvgIpc) is 3.34. The number of aryl methyl sites for hydroxylation is 1. The van der Waals surface area contributed by atoms with Gasteiger partial charge >= 0.3 is 12.1 Å². The SMILES string of the molecule is Cc1cccc(-c2nnc(C(C)OC(=O)C3CCN(C(=O)c4ccc(C(F)(F)F)cc4)CC3)o2)c1. The van der Waals surface area contributed by atoms with E-state index in [0.29, 0.717) is 31.8 Å². The van der Waals surface area contributed by atoms with Gasteiger partial charge in [-0.3, -0.25) is 9.59 Å². The lowest BCUT2D eigenvalue weighted by atomic mass is 9.96. The molecular formula is C25H24F3N3O4. The minimum Gasteiger partial charge on any atom is -0.452 e. The molecule has 2 heterocycles. The van der Waals surface area contributed by atoms with Crippen LogP contribution >= 0.6 is 0 Å². The number of aromatic nitrogens is 2. The third kappa shape index (κ3) is 5.70. The molecule has 1 fully saturated rings. The van der Waals surface area contributed by atoms with Crippen LogP contribution in [-0.2, 0) is 15.7 Å². The Bertz CT molecular complexity index is 1200. The highest BCUT2D eigenvalue weighted by Crippen LogP contribution is 2.30. The average molecular weight is 487 g/mol. The van der Waals surface area contributed by atoms with E-state index in [1.54, 1.807) is 6.92 Å². The van der Waals surface area contributed by atoms with Gasteiger partial charge in [-0.25, -0.2) is 0 Å². The van der Waals surface area contributed by atoms with Crippen LogP contribution in [-0.4, -0.2) is 40.1 Å². The van der Waals surface area contributed by atoms with Crippen molar-refractivity contribution >= 4 is 11.9 Å². The van der Waals surface area contributed by atoms with E-state index < -0.39 is 29.7 Å². The van der Waals surface area contributed by atoms with Gasteiger partial charge in [0.05, 0.1) is 11.5 Å². The Morgan fingerprint density at radius 2 is 1.77 bits per heavy atom. The number of halogens is 3. The zero-order valence-electron chi connectivity index (χ0n) is 19.2. The third-order valence-electron chi connectivity index (χ3n) is 5.92. The lowest BCUT2D eigenvalue weighted by molar-refractivity contribution is -0.156. The number of ether oxygens (including phenoxy) is 1. The maximum Gasteiger partial charge on any atom is 0.416 e. The van der Waals surface area contributed by atoms with E-state index in [0.717, 1.165) is 23.3 Å². The fourth-order valence-electron chi connectivity index (χ4n) is 3.92. The van der Waals surface area contributed by atoms with Crippen LogP contribution in [0.15, 0.2) is 52.9 Å². The first-order chi connectivity index (χ1) is 16.6. The Hall–Kier alpha value is -3.69. The van der Waals surface area contributed by atoms with Gasteiger partial charge in [0, 0.05) is 24.2 Å². The molecule has 3 aromatic rings. The second kappa shape index (κ2) is 9.89. The zero-order chi connectivity index (χ0) is 25.2. The minimum atomic E-state index is -4.46. The summed E-state index contributed by atoms with van der Waals surface area (Å²) < 4.78 is 49.4. The monoisotopic (exact) mass is 487 g/mol. The molecule has 0 N–H and O–H groups in total. The Balaban J connectivity index is 1.30. The number of carbonyl (C=O) groups is 2. The second-order valence-electron chi connectivity index (χ2n) is 8.54. The van der Waals surface area contributed by atoms with Crippen molar-refractivity contribution in [2.45, 2.75) is 39.0 Å². The molecule has 4 rings (SSSR count). The lowest BCUT2D eigenvalue weighted by Crippen LogP contribution is -2.40. The summed E-state index contributed by atoms with van der Waals surface area (Å²) in [6, 6.07) is 11.7. The number of amides is 1. The molecule has 0 bridgehead atoms. The molecular weight excluding hydrogens is 463 g/mol. The molecule has 1 aliphatic heterocycles. The maximum absolute atomic E-state index is 12.7. The van der Waals surface area contributed by atoms with Crippen molar-refractivity contribution in [2.24, 2.45) is 5.92 Å². The summed E-state index contributed by atoms with van der Waals surface area (Å²) in [6.07, 6.45) is -4.42. The van der Waals surface area contributed by atoms with Gasteiger partial charge < -0.3 is 14.1 Å². The van der Waals surface area contributed by atoms with Gasteiger partial charge in [0.15, 0.2) is 6.10 Å². The van der Waals surface area contributed by atoms with Crippen molar-refractivity contribution in [3.63, 3.8) is 0 Å². The van der Waals surface area contributed by atoms with Crippen molar-refractivity contribution in [3.05, 3.63) is 71.1 Å². The van der Waals surface area contributed by atoms with Crippen LogP contribution < -0.4 is 0 Å². The van der Waals surface area contributed by atoms with E-state index in [-0.39, 0.29) is 17.4 Å². The maximum atomic E-state index is 12.7. The molecule has 1 amide bonds. The normalized spacial score (nSPS) is 15.6. The van der Waals surface area contributed by atoms with E-state index in [1.165, 1.54) is 17.0 Å². The number of alkyl halides is 3. The molecule has 0 spiro atoms. The van der Waals surface area contributed by atoms with Gasteiger partial charge in [-0.2, -0.15) is 13.2 Å². The molecule has 35 heavy (non-hydrogen) atoms. The first kappa shape index (κ1) is 24.4. The molecule has 10 heteroatoms. The number of likely N-dealkylation sites (tertiary alicyclic amines) is 1. The van der Waals surface area contributed by atoms with Crippen LogP contribution in [0.1, 0.15) is 53.2 Å². The molecule has 1 aromatic heterocycles. The first-order valence-electron chi connectivity index (χ1n) is 11.2. The molecule has 1 saturated heterocycles. The van der Waals surface area contributed by atoms with Gasteiger partial charge in [-0.15, -0.1) is 10.2 Å². The molecule has 1 atom stereocenters. The molecule has 7 nitrogen and oxygen atoms in total. The van der Waals surface area contributed by atoms with Crippen LogP contribution in [0.4, 0.5) is 13.2 Å². The van der Waals surface area contributed by atoms with E-state index in [2.05, 4.69) is 10.2 Å². The van der Waals surface area contributed by atoms with Crippen molar-refractivity contribution in [2.75, 3.05) is 13.1 Å². The fraction of sp³-hybridized carbons (Fsp3) is 0.360. The predicted molar refractivity (Wildman–Crippen MR) is 119 cm³/mol. The van der Waals surface area contributed by atoms with Gasteiger partial charge in [-0.1, -0.05) is 17.7 Å². The number of rotatable bonds is 5. The van der Waals surface area contributed by atoms with Gasteiger partial charge in [-0.05, 0) is 63.1 Å². The number of carbonyl (C=O) groups excluding carboxylic acids is 2. The highest BCUT2D eigenvalue weighted by atomic mass is 19.4. The van der Waals surface area contributed by atoms with Crippen molar-refractivity contribution in [3.8, 4) is 11.5 Å². The molecule has 1 aliphatic rings. The molecule has 0 radical (unpaired) electrons. The summed E-state index contributed by atoms with van der Waals surface area (Å²) >= 11 is 0. The van der Waals surface area contributed by atoms with Gasteiger partial charge in [0.1, 0.15) is 0 Å². The topological polar surface area (TPSA) is 85.5 Å². The largest absolute Gasteiger partial charge is 0.452 e. The second-order valence-corrected chi connectivity index (χ2v) is 8.54. The van der Waals surface area contributed by atoms with Crippen LogP contribution in [0.5, 0.6) is 0 Å². The molecule has 184 valence electrons. The van der Waals surface area contributed by atoms with Gasteiger partial charge in [0.2, 0.25) is 5.89 Å². The third-order valence-corrected chi connectivity index (χ3v) is 5.92. The number of nitrogens with zero attached hydrogens (tertiary/aromatic N) is 3. The van der Waals surface area contributed by atoms with Crippen LogP contribution in [0, 0.1) is 12.8 Å². The Morgan fingerprint density at radius 1 is 1.09 bits per heavy atom. The van der Waals surface area contributed by atoms with Gasteiger partial charge in [0.25, 0.3) is 11.8 Å². The van der Waals surface area contributed by atoms with Crippen molar-refractivity contribution < 1.29 is 31.9 Å². The molecule has 1 unspecified atom stereocenters. The zero-order valence-corrected chi connectivity index (χ0v) is 19.2. The van der Waals surface area contributed by atoms with Crippen molar-refractivity contribution in [1.29, 1.82) is 0 Å². The first-order valence-corrected chi connectivity index (χ1v) is 11.2. The lowest BCUT2D eigenvalue weighted by Gasteiger charge is -2.31. The summed E-state index contributed by atoms with van der Waals surface area (Å²) in [5, 5.41) is 8.02. The summed E-state index contributed by atoms with van der Waals surface area (Å²) in [4.78, 5) is 26.8. The minimum absolute atomic E-state index is 0.174. The smallest absolute Gasteiger partial charge is 0.416 e. The molecule has 2 aromatic carbocycles. The number of esters is 1. The van der Waals surface area contributed by atoms with E-state index >= 15 is 0 Å². The Kier molecular flexibility index (Phi) is 6.90. The fourth-order valence-corrected chi connectivity index (χ4v) is 3.92.